The first-order chi connectivity index (χ1) is 9.65. The molecule has 1 aliphatic heterocycles. The van der Waals surface area contributed by atoms with Gasteiger partial charge in [-0.15, -0.1) is 0 Å². The summed E-state index contributed by atoms with van der Waals surface area (Å²) >= 11 is 0. The number of para-hydroxylation sites is 1. The second kappa shape index (κ2) is 7.05. The molecule has 0 aromatic heterocycles. The third-order valence-electron chi connectivity index (χ3n) is 3.53. The molecular weight excluding hydrogens is 254 g/mol. The Balaban J connectivity index is 1.94. The second-order valence-electron chi connectivity index (χ2n) is 5.26. The van der Waals surface area contributed by atoms with Crippen molar-refractivity contribution < 1.29 is 9.59 Å². The van der Waals surface area contributed by atoms with Gasteiger partial charge < -0.3 is 16.4 Å². The van der Waals surface area contributed by atoms with Crippen molar-refractivity contribution in [3.05, 3.63) is 29.8 Å². The summed E-state index contributed by atoms with van der Waals surface area (Å²) in [5.74, 6) is -0.00847. The van der Waals surface area contributed by atoms with E-state index in [1.54, 1.807) is 6.07 Å². The summed E-state index contributed by atoms with van der Waals surface area (Å²) in [7, 11) is 0. The molecule has 20 heavy (non-hydrogen) atoms. The molecule has 2 amide bonds. The number of carbonyl (C=O) groups excluding carboxylic acids is 2. The third-order valence-corrected chi connectivity index (χ3v) is 3.53. The summed E-state index contributed by atoms with van der Waals surface area (Å²) < 4.78 is 0. The third kappa shape index (κ3) is 4.35. The Morgan fingerprint density at radius 2 is 2.15 bits per heavy atom. The maximum Gasteiger partial charge on any atom is 0.224 e. The van der Waals surface area contributed by atoms with Gasteiger partial charge in [0.2, 0.25) is 11.8 Å². The molecule has 108 valence electrons. The zero-order valence-electron chi connectivity index (χ0n) is 11.5. The predicted molar refractivity (Wildman–Crippen MR) is 78.2 cm³/mol. The van der Waals surface area contributed by atoms with Gasteiger partial charge in [-0.3, -0.25) is 9.59 Å². The standard InChI is InChI=1S/C15H21N3O2/c16-14(19)9-12-5-1-2-6-13(12)18-15(20)8-11-4-3-7-17-10-11/h1-2,5-6,11,17H,3-4,7-10H2,(H2,16,19)(H,18,20). The van der Waals surface area contributed by atoms with Crippen molar-refractivity contribution in [3.8, 4) is 0 Å². The molecule has 1 fully saturated rings. The van der Waals surface area contributed by atoms with Crippen LogP contribution in [0.2, 0.25) is 0 Å². The molecule has 0 spiro atoms. The topological polar surface area (TPSA) is 84.2 Å². The highest BCUT2D eigenvalue weighted by Gasteiger charge is 2.17. The van der Waals surface area contributed by atoms with Crippen molar-refractivity contribution in [1.29, 1.82) is 0 Å². The predicted octanol–water partition coefficient (Wildman–Crippen LogP) is 1.04. The molecule has 5 nitrogen and oxygen atoms in total. The normalized spacial score (nSPS) is 18.5. The maximum atomic E-state index is 12.1. The molecule has 2 rings (SSSR count). The summed E-state index contributed by atoms with van der Waals surface area (Å²) in [6, 6.07) is 7.28. The molecular formula is C15H21N3O2. The number of anilines is 1. The van der Waals surface area contributed by atoms with Crippen LogP contribution in [0, 0.1) is 5.92 Å². The fourth-order valence-corrected chi connectivity index (χ4v) is 2.55. The van der Waals surface area contributed by atoms with E-state index in [1.165, 1.54) is 0 Å². The largest absolute Gasteiger partial charge is 0.369 e. The smallest absolute Gasteiger partial charge is 0.224 e. The fourth-order valence-electron chi connectivity index (χ4n) is 2.55. The minimum absolute atomic E-state index is 0.00406. The van der Waals surface area contributed by atoms with E-state index in [1.807, 2.05) is 18.2 Å². The van der Waals surface area contributed by atoms with Gasteiger partial charge in [0, 0.05) is 12.1 Å². The molecule has 1 atom stereocenters. The van der Waals surface area contributed by atoms with Crippen molar-refractivity contribution in [2.24, 2.45) is 11.7 Å². The highest BCUT2D eigenvalue weighted by molar-refractivity contribution is 5.92. The summed E-state index contributed by atoms with van der Waals surface area (Å²) in [6.07, 6.45) is 2.86. The minimum atomic E-state index is -0.400. The van der Waals surface area contributed by atoms with E-state index in [0.29, 0.717) is 18.0 Å². The number of hydrogen-bond donors (Lipinski definition) is 3. The average Bonchev–Trinajstić information content (AvgIpc) is 2.41. The Kier molecular flexibility index (Phi) is 5.12. The SMILES string of the molecule is NC(=O)Cc1ccccc1NC(=O)CC1CCCNC1. The molecule has 0 bridgehead atoms. The Hall–Kier alpha value is -1.88. The Morgan fingerprint density at radius 3 is 2.85 bits per heavy atom. The molecule has 1 saturated heterocycles. The van der Waals surface area contributed by atoms with Crippen molar-refractivity contribution in [2.75, 3.05) is 18.4 Å². The first-order valence-electron chi connectivity index (χ1n) is 7.02. The lowest BCUT2D eigenvalue weighted by molar-refractivity contribution is -0.118. The molecule has 5 heteroatoms. The monoisotopic (exact) mass is 275 g/mol. The Bertz CT molecular complexity index is 482. The van der Waals surface area contributed by atoms with Gasteiger partial charge in [-0.25, -0.2) is 0 Å². The van der Waals surface area contributed by atoms with Gasteiger partial charge in [0.15, 0.2) is 0 Å². The molecule has 1 aromatic rings. The van der Waals surface area contributed by atoms with Gasteiger partial charge in [-0.1, -0.05) is 18.2 Å². The van der Waals surface area contributed by atoms with Gasteiger partial charge in [0.05, 0.1) is 6.42 Å². The molecule has 0 aliphatic carbocycles. The van der Waals surface area contributed by atoms with E-state index >= 15 is 0 Å². The van der Waals surface area contributed by atoms with Crippen LogP contribution in [0.25, 0.3) is 0 Å². The zero-order valence-corrected chi connectivity index (χ0v) is 11.5. The fraction of sp³-hybridized carbons (Fsp3) is 0.467. The van der Waals surface area contributed by atoms with Crippen LogP contribution in [0.4, 0.5) is 5.69 Å². The maximum absolute atomic E-state index is 12.1. The number of amides is 2. The van der Waals surface area contributed by atoms with Crippen LogP contribution in [0.5, 0.6) is 0 Å². The van der Waals surface area contributed by atoms with Crippen LogP contribution in [-0.2, 0) is 16.0 Å². The van der Waals surface area contributed by atoms with Crippen LogP contribution in [0.3, 0.4) is 0 Å². The van der Waals surface area contributed by atoms with Crippen molar-refractivity contribution in [2.45, 2.75) is 25.7 Å². The van der Waals surface area contributed by atoms with E-state index in [4.69, 9.17) is 5.73 Å². The number of nitrogens with one attached hydrogen (secondary N) is 2. The first-order valence-corrected chi connectivity index (χ1v) is 7.02. The summed E-state index contributed by atoms with van der Waals surface area (Å²) in [5.41, 5.74) is 6.65. The number of piperidine rings is 1. The summed E-state index contributed by atoms with van der Waals surface area (Å²) in [4.78, 5) is 23.1. The summed E-state index contributed by atoms with van der Waals surface area (Å²) in [6.45, 7) is 1.94. The molecule has 1 aliphatic rings. The van der Waals surface area contributed by atoms with E-state index < -0.39 is 5.91 Å². The Labute approximate surface area is 118 Å². The lowest BCUT2D eigenvalue weighted by atomic mass is 9.96. The van der Waals surface area contributed by atoms with Crippen LogP contribution in [-0.4, -0.2) is 24.9 Å². The number of benzene rings is 1. The lowest BCUT2D eigenvalue weighted by Crippen LogP contribution is -2.32. The Morgan fingerprint density at radius 1 is 1.35 bits per heavy atom. The van der Waals surface area contributed by atoms with Crippen molar-refractivity contribution >= 4 is 17.5 Å². The van der Waals surface area contributed by atoms with Crippen LogP contribution in [0.15, 0.2) is 24.3 Å². The first kappa shape index (κ1) is 14.5. The number of carbonyl (C=O) groups is 2. The highest BCUT2D eigenvalue weighted by Crippen LogP contribution is 2.18. The van der Waals surface area contributed by atoms with Gasteiger partial charge in [-0.2, -0.15) is 0 Å². The second-order valence-corrected chi connectivity index (χ2v) is 5.26. The number of nitrogens with two attached hydrogens (primary N) is 1. The van der Waals surface area contributed by atoms with E-state index in [9.17, 15) is 9.59 Å². The van der Waals surface area contributed by atoms with Gasteiger partial charge >= 0.3 is 0 Å². The van der Waals surface area contributed by atoms with E-state index in [2.05, 4.69) is 10.6 Å². The minimum Gasteiger partial charge on any atom is -0.369 e. The molecule has 1 unspecified atom stereocenters. The van der Waals surface area contributed by atoms with Gasteiger partial charge in [-0.05, 0) is 43.5 Å². The highest BCUT2D eigenvalue weighted by atomic mass is 16.2. The van der Waals surface area contributed by atoms with Gasteiger partial charge in [0.1, 0.15) is 0 Å². The summed E-state index contributed by atoms with van der Waals surface area (Å²) in [5, 5.41) is 6.19. The quantitative estimate of drug-likeness (QED) is 0.750. The average molecular weight is 275 g/mol. The van der Waals surface area contributed by atoms with E-state index in [0.717, 1.165) is 31.5 Å². The van der Waals surface area contributed by atoms with Crippen molar-refractivity contribution in [1.82, 2.24) is 5.32 Å². The molecule has 1 aromatic carbocycles. The van der Waals surface area contributed by atoms with E-state index in [-0.39, 0.29) is 12.3 Å². The number of primary amides is 1. The molecule has 0 radical (unpaired) electrons. The molecule has 0 saturated carbocycles. The van der Waals surface area contributed by atoms with Crippen LogP contribution in [0.1, 0.15) is 24.8 Å². The van der Waals surface area contributed by atoms with Crippen LogP contribution >= 0.6 is 0 Å². The van der Waals surface area contributed by atoms with Gasteiger partial charge in [0.25, 0.3) is 0 Å². The van der Waals surface area contributed by atoms with Crippen LogP contribution < -0.4 is 16.4 Å². The number of rotatable bonds is 5. The van der Waals surface area contributed by atoms with Crippen molar-refractivity contribution in [3.63, 3.8) is 0 Å². The number of hydrogen-bond acceptors (Lipinski definition) is 3. The lowest BCUT2D eigenvalue weighted by Gasteiger charge is -2.22. The molecule has 1 heterocycles. The molecule has 4 N–H and O–H groups in total. The zero-order chi connectivity index (χ0) is 14.4.